The highest BCUT2D eigenvalue weighted by molar-refractivity contribution is 4.97. The Morgan fingerprint density at radius 3 is 2.56 bits per heavy atom. The van der Waals surface area contributed by atoms with E-state index < -0.39 is 0 Å². The number of nitrogens with zero attached hydrogens (tertiary/aromatic N) is 6. The average Bonchev–Trinajstić information content (AvgIpc) is 2.79. The molecule has 86 valence electrons. The zero-order valence-electron chi connectivity index (χ0n) is 9.83. The lowest BCUT2D eigenvalue weighted by Crippen LogP contribution is -2.20. The molecule has 0 aromatic carbocycles. The minimum atomic E-state index is 0.779. The minimum Gasteiger partial charge on any atom is -0.337 e. The largest absolute Gasteiger partial charge is 0.337 e. The first-order chi connectivity index (χ1) is 7.66. The second-order valence-corrected chi connectivity index (χ2v) is 4.03. The van der Waals surface area contributed by atoms with E-state index in [4.69, 9.17) is 0 Å². The number of aryl methyl sites for hydroxylation is 2. The first-order valence-electron chi connectivity index (χ1n) is 5.13. The van der Waals surface area contributed by atoms with Gasteiger partial charge in [0.2, 0.25) is 0 Å². The second-order valence-electron chi connectivity index (χ2n) is 4.03. The Balaban J connectivity index is 1.97. The van der Waals surface area contributed by atoms with Crippen LogP contribution in [-0.4, -0.2) is 36.3 Å². The Bertz CT molecular complexity index is 415. The Morgan fingerprint density at radius 2 is 2.00 bits per heavy atom. The Morgan fingerprint density at radius 1 is 1.19 bits per heavy atom. The van der Waals surface area contributed by atoms with Gasteiger partial charge in [0, 0.05) is 26.8 Å². The molecule has 0 radical (unpaired) electrons. The van der Waals surface area contributed by atoms with Crippen LogP contribution in [0.15, 0.2) is 18.9 Å². The summed E-state index contributed by atoms with van der Waals surface area (Å²) >= 11 is 0. The molecule has 0 atom stereocenters. The van der Waals surface area contributed by atoms with Gasteiger partial charge in [0.05, 0.1) is 18.6 Å². The quantitative estimate of drug-likeness (QED) is 0.737. The third-order valence-electron chi connectivity index (χ3n) is 2.56. The normalized spacial score (nSPS) is 11.2. The van der Waals surface area contributed by atoms with Gasteiger partial charge < -0.3 is 9.13 Å². The first kappa shape index (κ1) is 10.8. The molecular weight excluding hydrogens is 204 g/mol. The van der Waals surface area contributed by atoms with Gasteiger partial charge in [-0.05, 0) is 7.05 Å². The van der Waals surface area contributed by atoms with Crippen molar-refractivity contribution in [1.82, 2.24) is 29.2 Å². The van der Waals surface area contributed by atoms with Crippen LogP contribution in [-0.2, 0) is 27.2 Å². The SMILES string of the molecule is CN(Cc1cncn1C)Cc1nncn1C. The third kappa shape index (κ3) is 2.27. The van der Waals surface area contributed by atoms with Gasteiger partial charge in [-0.3, -0.25) is 4.90 Å². The van der Waals surface area contributed by atoms with Crippen LogP contribution in [0.2, 0.25) is 0 Å². The molecule has 0 saturated heterocycles. The van der Waals surface area contributed by atoms with Crippen molar-refractivity contribution in [1.29, 1.82) is 0 Å². The summed E-state index contributed by atoms with van der Waals surface area (Å²) in [5, 5.41) is 7.91. The van der Waals surface area contributed by atoms with Crippen molar-refractivity contribution in [2.45, 2.75) is 13.1 Å². The predicted molar refractivity (Wildman–Crippen MR) is 59.4 cm³/mol. The highest BCUT2D eigenvalue weighted by Gasteiger charge is 2.07. The fraction of sp³-hybridized carbons (Fsp3) is 0.500. The van der Waals surface area contributed by atoms with Crippen molar-refractivity contribution in [3.8, 4) is 0 Å². The summed E-state index contributed by atoms with van der Waals surface area (Å²) in [4.78, 5) is 6.27. The highest BCUT2D eigenvalue weighted by atomic mass is 15.3. The molecule has 0 N–H and O–H groups in total. The Hall–Kier alpha value is -1.69. The van der Waals surface area contributed by atoms with Crippen molar-refractivity contribution >= 4 is 0 Å². The monoisotopic (exact) mass is 220 g/mol. The zero-order chi connectivity index (χ0) is 11.5. The molecule has 0 aliphatic heterocycles. The van der Waals surface area contributed by atoms with Crippen LogP contribution in [0.4, 0.5) is 0 Å². The molecule has 0 spiro atoms. The molecule has 6 nitrogen and oxygen atoms in total. The Kier molecular flexibility index (Phi) is 3.00. The fourth-order valence-electron chi connectivity index (χ4n) is 1.56. The summed E-state index contributed by atoms with van der Waals surface area (Å²) < 4.78 is 3.95. The Labute approximate surface area is 94.5 Å². The number of hydrogen-bond acceptors (Lipinski definition) is 4. The van der Waals surface area contributed by atoms with Gasteiger partial charge >= 0.3 is 0 Å². The molecular formula is C10H16N6. The van der Waals surface area contributed by atoms with E-state index in [0.29, 0.717) is 0 Å². The van der Waals surface area contributed by atoms with E-state index in [1.165, 1.54) is 5.69 Å². The number of hydrogen-bond donors (Lipinski definition) is 0. The van der Waals surface area contributed by atoms with Gasteiger partial charge in [-0.1, -0.05) is 0 Å². The van der Waals surface area contributed by atoms with Crippen molar-refractivity contribution in [2.24, 2.45) is 14.1 Å². The first-order valence-corrected chi connectivity index (χ1v) is 5.13. The molecule has 6 heteroatoms. The van der Waals surface area contributed by atoms with Crippen LogP contribution >= 0.6 is 0 Å². The van der Waals surface area contributed by atoms with Gasteiger partial charge in [0.15, 0.2) is 0 Å². The molecule has 2 rings (SSSR count). The summed E-state index contributed by atoms with van der Waals surface area (Å²) in [6, 6.07) is 0. The van der Waals surface area contributed by atoms with Gasteiger partial charge in [0.25, 0.3) is 0 Å². The van der Waals surface area contributed by atoms with Gasteiger partial charge in [0.1, 0.15) is 12.2 Å². The van der Waals surface area contributed by atoms with Crippen molar-refractivity contribution in [3.63, 3.8) is 0 Å². The molecule has 0 unspecified atom stereocenters. The van der Waals surface area contributed by atoms with Crippen LogP contribution in [0.25, 0.3) is 0 Å². The topological polar surface area (TPSA) is 51.8 Å². The molecule has 0 saturated carbocycles. The second kappa shape index (κ2) is 4.44. The predicted octanol–water partition coefficient (Wildman–Crippen LogP) is 0.181. The number of aromatic nitrogens is 5. The fourth-order valence-corrected chi connectivity index (χ4v) is 1.56. The lowest BCUT2D eigenvalue weighted by molar-refractivity contribution is 0.299. The summed E-state index contributed by atoms with van der Waals surface area (Å²) in [6.07, 6.45) is 5.41. The molecule has 16 heavy (non-hydrogen) atoms. The van der Waals surface area contributed by atoms with E-state index in [9.17, 15) is 0 Å². The van der Waals surface area contributed by atoms with E-state index in [-0.39, 0.29) is 0 Å². The van der Waals surface area contributed by atoms with Crippen molar-refractivity contribution in [2.75, 3.05) is 7.05 Å². The molecule has 2 aromatic heterocycles. The van der Waals surface area contributed by atoms with E-state index in [1.54, 1.807) is 6.33 Å². The summed E-state index contributed by atoms with van der Waals surface area (Å²) in [5.74, 6) is 0.963. The maximum atomic E-state index is 4.09. The van der Waals surface area contributed by atoms with Crippen LogP contribution < -0.4 is 0 Å². The molecule has 0 amide bonds. The lowest BCUT2D eigenvalue weighted by Gasteiger charge is -2.15. The van der Waals surface area contributed by atoms with Crippen LogP contribution in [0.3, 0.4) is 0 Å². The van der Waals surface area contributed by atoms with Gasteiger partial charge in [-0.15, -0.1) is 10.2 Å². The molecule has 0 aliphatic carbocycles. The zero-order valence-corrected chi connectivity index (χ0v) is 9.83. The average molecular weight is 220 g/mol. The maximum Gasteiger partial charge on any atom is 0.146 e. The molecule has 2 heterocycles. The van der Waals surface area contributed by atoms with E-state index in [0.717, 1.165) is 18.9 Å². The smallest absolute Gasteiger partial charge is 0.146 e. The van der Waals surface area contributed by atoms with Crippen LogP contribution in [0, 0.1) is 0 Å². The summed E-state index contributed by atoms with van der Waals surface area (Å²) in [7, 11) is 6.01. The number of rotatable bonds is 4. The molecule has 2 aromatic rings. The molecule has 0 bridgehead atoms. The standard InChI is InChI=1S/C10H16N6/c1-14(5-9-4-11-7-15(9)2)6-10-13-12-8-16(10)3/h4,7-8H,5-6H2,1-3H3. The molecule has 0 fully saturated rings. The maximum absolute atomic E-state index is 4.09. The van der Waals surface area contributed by atoms with Gasteiger partial charge in [-0.25, -0.2) is 4.98 Å². The van der Waals surface area contributed by atoms with Crippen LogP contribution in [0.5, 0.6) is 0 Å². The third-order valence-corrected chi connectivity index (χ3v) is 2.56. The lowest BCUT2D eigenvalue weighted by atomic mass is 10.4. The summed E-state index contributed by atoms with van der Waals surface area (Å²) in [5.41, 5.74) is 1.18. The van der Waals surface area contributed by atoms with Crippen LogP contribution in [0.1, 0.15) is 11.5 Å². The number of imidazole rings is 1. The van der Waals surface area contributed by atoms with E-state index in [1.807, 2.05) is 35.8 Å². The van der Waals surface area contributed by atoms with Crippen molar-refractivity contribution in [3.05, 3.63) is 30.4 Å². The van der Waals surface area contributed by atoms with Crippen molar-refractivity contribution < 1.29 is 0 Å². The highest BCUT2D eigenvalue weighted by Crippen LogP contribution is 2.04. The van der Waals surface area contributed by atoms with Gasteiger partial charge in [-0.2, -0.15) is 0 Å². The van der Waals surface area contributed by atoms with E-state index >= 15 is 0 Å². The van der Waals surface area contributed by atoms with E-state index in [2.05, 4.69) is 27.1 Å². The summed E-state index contributed by atoms with van der Waals surface area (Å²) in [6.45, 7) is 1.63. The molecule has 0 aliphatic rings. The minimum absolute atomic E-state index is 0.779.